The van der Waals surface area contributed by atoms with E-state index in [1.165, 1.54) is 4.90 Å². The number of carbonyl (C=O) groups excluding carboxylic acids is 1. The van der Waals surface area contributed by atoms with Gasteiger partial charge in [-0.25, -0.2) is 9.78 Å². The van der Waals surface area contributed by atoms with Crippen molar-refractivity contribution in [2.75, 3.05) is 30.5 Å². The van der Waals surface area contributed by atoms with E-state index in [4.69, 9.17) is 9.47 Å². The van der Waals surface area contributed by atoms with Crippen molar-refractivity contribution in [3.63, 3.8) is 0 Å². The van der Waals surface area contributed by atoms with Crippen molar-refractivity contribution < 1.29 is 14.3 Å². The Morgan fingerprint density at radius 1 is 1.35 bits per heavy atom. The van der Waals surface area contributed by atoms with Crippen LogP contribution in [0.1, 0.15) is 18.5 Å². The number of hydrogen-bond donors (Lipinski definition) is 1. The van der Waals surface area contributed by atoms with E-state index < -0.39 is 0 Å². The molecule has 2 heterocycles. The number of methoxy groups -OCH3 is 1. The summed E-state index contributed by atoms with van der Waals surface area (Å²) in [7, 11) is 1.64. The van der Waals surface area contributed by atoms with Crippen molar-refractivity contribution >= 4 is 17.9 Å². The average molecular weight is 314 g/mol. The highest BCUT2D eigenvalue weighted by atomic mass is 16.6. The summed E-state index contributed by atoms with van der Waals surface area (Å²) < 4.78 is 10.3. The molecule has 23 heavy (non-hydrogen) atoms. The molecule has 0 bridgehead atoms. The summed E-state index contributed by atoms with van der Waals surface area (Å²) in [6, 6.07) is 9.40. The minimum absolute atomic E-state index is 0.0491. The topological polar surface area (TPSA) is 76.6 Å². The maximum Gasteiger partial charge on any atom is 0.415 e. The molecule has 0 unspecified atom stereocenters. The fourth-order valence-electron chi connectivity index (χ4n) is 2.47. The lowest BCUT2D eigenvalue weighted by atomic mass is 10.1. The van der Waals surface area contributed by atoms with Crippen LogP contribution in [0.4, 0.5) is 16.6 Å². The number of nitrogens with zero attached hydrogens (tertiary/aromatic N) is 3. The fraction of sp³-hybridized carbons (Fsp3) is 0.312. The molecule has 3 rings (SSSR count). The van der Waals surface area contributed by atoms with Crippen LogP contribution in [0.5, 0.6) is 5.75 Å². The Morgan fingerprint density at radius 2 is 2.17 bits per heavy atom. The SMILES string of the molecule is COc1ccccc1[C@H](C)Nc1nccc(N2CCOC2=O)n1. The molecule has 120 valence electrons. The van der Waals surface area contributed by atoms with Gasteiger partial charge in [0, 0.05) is 11.8 Å². The number of cyclic esters (lactones) is 1. The first-order valence-corrected chi connectivity index (χ1v) is 7.36. The minimum atomic E-state index is -0.382. The van der Waals surface area contributed by atoms with Crippen LogP contribution >= 0.6 is 0 Å². The number of amides is 1. The number of hydrogen-bond acceptors (Lipinski definition) is 6. The first-order chi connectivity index (χ1) is 11.2. The van der Waals surface area contributed by atoms with Gasteiger partial charge in [0.05, 0.1) is 19.7 Å². The molecule has 1 saturated heterocycles. The molecule has 1 aliphatic rings. The zero-order valence-corrected chi connectivity index (χ0v) is 13.0. The van der Waals surface area contributed by atoms with Crippen molar-refractivity contribution in [2.45, 2.75) is 13.0 Å². The predicted octanol–water partition coefficient (Wildman–Crippen LogP) is 2.61. The molecule has 1 N–H and O–H groups in total. The highest BCUT2D eigenvalue weighted by Crippen LogP contribution is 2.27. The van der Waals surface area contributed by atoms with Gasteiger partial charge in [-0.2, -0.15) is 4.98 Å². The van der Waals surface area contributed by atoms with Crippen molar-refractivity contribution in [1.82, 2.24) is 9.97 Å². The third-order valence-electron chi connectivity index (χ3n) is 3.63. The molecule has 0 spiro atoms. The second kappa shape index (κ2) is 6.51. The summed E-state index contributed by atoms with van der Waals surface area (Å²) in [6.45, 7) is 2.87. The smallest absolute Gasteiger partial charge is 0.415 e. The summed E-state index contributed by atoms with van der Waals surface area (Å²) in [4.78, 5) is 21.7. The van der Waals surface area contributed by atoms with Gasteiger partial charge in [0.1, 0.15) is 18.2 Å². The second-order valence-electron chi connectivity index (χ2n) is 5.11. The normalized spacial score (nSPS) is 15.2. The van der Waals surface area contributed by atoms with E-state index in [1.54, 1.807) is 19.4 Å². The van der Waals surface area contributed by atoms with Crippen molar-refractivity contribution in [2.24, 2.45) is 0 Å². The Balaban J connectivity index is 1.79. The van der Waals surface area contributed by atoms with E-state index >= 15 is 0 Å². The molecular formula is C16H18N4O3. The molecule has 0 radical (unpaired) electrons. The summed E-state index contributed by atoms with van der Waals surface area (Å²) >= 11 is 0. The van der Waals surface area contributed by atoms with Crippen LogP contribution in [0, 0.1) is 0 Å². The van der Waals surface area contributed by atoms with Gasteiger partial charge in [-0.3, -0.25) is 4.90 Å². The summed E-state index contributed by atoms with van der Waals surface area (Å²) in [5.74, 6) is 1.77. The third kappa shape index (κ3) is 3.18. The van der Waals surface area contributed by atoms with Crippen LogP contribution in [0.3, 0.4) is 0 Å². The summed E-state index contributed by atoms with van der Waals surface area (Å²) in [5, 5.41) is 3.23. The van der Waals surface area contributed by atoms with Crippen LogP contribution in [0.2, 0.25) is 0 Å². The first kappa shape index (κ1) is 15.1. The zero-order valence-electron chi connectivity index (χ0n) is 13.0. The monoisotopic (exact) mass is 314 g/mol. The number of ether oxygens (including phenoxy) is 2. The van der Waals surface area contributed by atoms with E-state index in [2.05, 4.69) is 15.3 Å². The van der Waals surface area contributed by atoms with Crippen LogP contribution in [-0.2, 0) is 4.74 Å². The van der Waals surface area contributed by atoms with E-state index in [1.807, 2.05) is 31.2 Å². The standard InChI is InChI=1S/C16H18N4O3/c1-11(12-5-3-4-6-13(12)22-2)18-15-17-8-7-14(19-15)20-9-10-23-16(20)21/h3-8,11H,9-10H2,1-2H3,(H,17,18,19)/t11-/m0/s1. The Hall–Kier alpha value is -2.83. The number of carbonyl (C=O) groups is 1. The molecule has 0 aliphatic carbocycles. The molecule has 1 aliphatic heterocycles. The Morgan fingerprint density at radius 3 is 2.91 bits per heavy atom. The van der Waals surface area contributed by atoms with Gasteiger partial charge >= 0.3 is 6.09 Å². The van der Waals surface area contributed by atoms with Crippen LogP contribution in [0.15, 0.2) is 36.5 Å². The largest absolute Gasteiger partial charge is 0.496 e. The molecule has 7 heteroatoms. The number of nitrogens with one attached hydrogen (secondary N) is 1. The van der Waals surface area contributed by atoms with Gasteiger partial charge in [0.25, 0.3) is 0 Å². The average Bonchev–Trinajstić information content (AvgIpc) is 3.01. The van der Waals surface area contributed by atoms with Crippen LogP contribution < -0.4 is 15.0 Å². The quantitative estimate of drug-likeness (QED) is 0.914. The number of aromatic nitrogens is 2. The molecule has 7 nitrogen and oxygen atoms in total. The van der Waals surface area contributed by atoms with E-state index in [-0.39, 0.29) is 12.1 Å². The van der Waals surface area contributed by atoms with Gasteiger partial charge < -0.3 is 14.8 Å². The third-order valence-corrected chi connectivity index (χ3v) is 3.63. The summed E-state index contributed by atoms with van der Waals surface area (Å²) in [6.07, 6.45) is 1.23. The molecule has 0 saturated carbocycles. The van der Waals surface area contributed by atoms with E-state index in [0.29, 0.717) is 24.9 Å². The molecule has 1 aromatic carbocycles. The first-order valence-electron chi connectivity index (χ1n) is 7.36. The number of para-hydroxylation sites is 1. The fourth-order valence-corrected chi connectivity index (χ4v) is 2.47. The predicted molar refractivity (Wildman–Crippen MR) is 85.8 cm³/mol. The number of rotatable bonds is 5. The van der Waals surface area contributed by atoms with Crippen LogP contribution in [-0.4, -0.2) is 36.3 Å². The lowest BCUT2D eigenvalue weighted by Gasteiger charge is -2.18. The zero-order chi connectivity index (χ0) is 16.2. The minimum Gasteiger partial charge on any atom is -0.496 e. The van der Waals surface area contributed by atoms with E-state index in [9.17, 15) is 4.79 Å². The maximum absolute atomic E-state index is 11.6. The molecular weight excluding hydrogens is 296 g/mol. The van der Waals surface area contributed by atoms with Crippen molar-refractivity contribution in [3.05, 3.63) is 42.1 Å². The Labute approximate surface area is 134 Å². The lowest BCUT2D eigenvalue weighted by Crippen LogP contribution is -2.25. The Bertz CT molecular complexity index is 707. The van der Waals surface area contributed by atoms with Crippen LogP contribution in [0.25, 0.3) is 0 Å². The lowest BCUT2D eigenvalue weighted by molar-refractivity contribution is 0.181. The number of anilines is 2. The molecule has 1 fully saturated rings. The Kier molecular flexibility index (Phi) is 4.27. The van der Waals surface area contributed by atoms with Crippen molar-refractivity contribution in [1.29, 1.82) is 0 Å². The van der Waals surface area contributed by atoms with Gasteiger partial charge in [-0.05, 0) is 19.1 Å². The summed E-state index contributed by atoms with van der Waals surface area (Å²) in [5.41, 5.74) is 1.00. The molecule has 1 aromatic heterocycles. The highest BCUT2D eigenvalue weighted by molar-refractivity contribution is 5.88. The molecule has 2 aromatic rings. The maximum atomic E-state index is 11.6. The number of benzene rings is 1. The molecule has 1 amide bonds. The van der Waals surface area contributed by atoms with E-state index in [0.717, 1.165) is 11.3 Å². The van der Waals surface area contributed by atoms with Crippen molar-refractivity contribution in [3.8, 4) is 5.75 Å². The second-order valence-corrected chi connectivity index (χ2v) is 5.11. The van der Waals surface area contributed by atoms with Gasteiger partial charge in [0.2, 0.25) is 5.95 Å². The van der Waals surface area contributed by atoms with Gasteiger partial charge in [0.15, 0.2) is 0 Å². The highest BCUT2D eigenvalue weighted by Gasteiger charge is 2.25. The molecule has 1 atom stereocenters. The van der Waals surface area contributed by atoms with Gasteiger partial charge in [-0.1, -0.05) is 18.2 Å². The van der Waals surface area contributed by atoms with Gasteiger partial charge in [-0.15, -0.1) is 0 Å².